The number of para-hydroxylation sites is 1. The van der Waals surface area contributed by atoms with Gasteiger partial charge in [0.25, 0.3) is 5.91 Å². The highest BCUT2D eigenvalue weighted by atomic mass is 127. The first-order valence-corrected chi connectivity index (χ1v) is 9.49. The molecule has 0 saturated heterocycles. The predicted octanol–water partition coefficient (Wildman–Crippen LogP) is 3.31. The number of nitrogens with one attached hydrogen (secondary N) is 2. The maximum Gasteiger partial charge on any atom is 0.253 e. The molecule has 0 bridgehead atoms. The molecule has 0 aliphatic heterocycles. The van der Waals surface area contributed by atoms with Crippen LogP contribution >= 0.6 is 24.0 Å². The zero-order valence-electron chi connectivity index (χ0n) is 17.6. The molecular weight excluding hydrogens is 479 g/mol. The van der Waals surface area contributed by atoms with Gasteiger partial charge in [-0.15, -0.1) is 24.0 Å². The van der Waals surface area contributed by atoms with Crippen LogP contribution in [0.15, 0.2) is 53.5 Å². The number of hydrogen-bond acceptors (Lipinski definition) is 3. The Morgan fingerprint density at radius 2 is 1.86 bits per heavy atom. The van der Waals surface area contributed by atoms with E-state index in [1.165, 1.54) is 0 Å². The topological polar surface area (TPSA) is 66.0 Å². The number of amides is 1. The van der Waals surface area contributed by atoms with E-state index in [1.54, 1.807) is 26.1 Å². The number of nitrogens with zero attached hydrogens (tertiary/aromatic N) is 2. The molecule has 1 amide bonds. The first-order valence-electron chi connectivity index (χ1n) is 9.49. The van der Waals surface area contributed by atoms with Gasteiger partial charge in [-0.25, -0.2) is 4.99 Å². The number of rotatable bonds is 8. The monoisotopic (exact) mass is 510 g/mol. The van der Waals surface area contributed by atoms with Crippen molar-refractivity contribution >= 4 is 35.8 Å². The number of guanidine groups is 1. The van der Waals surface area contributed by atoms with Crippen LogP contribution in [-0.4, -0.2) is 51.1 Å². The third-order valence-corrected chi connectivity index (χ3v) is 4.23. The first-order chi connectivity index (χ1) is 13.5. The van der Waals surface area contributed by atoms with Gasteiger partial charge in [-0.2, -0.15) is 0 Å². The Labute approximate surface area is 190 Å². The van der Waals surface area contributed by atoms with E-state index in [4.69, 9.17) is 4.74 Å². The zero-order chi connectivity index (χ0) is 20.4. The second-order valence-corrected chi connectivity index (χ2v) is 6.58. The van der Waals surface area contributed by atoms with Gasteiger partial charge in [0.15, 0.2) is 5.96 Å². The molecule has 0 fully saturated rings. The fraction of sp³-hybridized carbons (Fsp3) is 0.364. The highest BCUT2D eigenvalue weighted by Crippen LogP contribution is 2.17. The summed E-state index contributed by atoms with van der Waals surface area (Å²) in [5, 5.41) is 6.61. The Balaban J connectivity index is 0.00000420. The third kappa shape index (κ3) is 7.92. The molecule has 2 rings (SSSR count). The highest BCUT2D eigenvalue weighted by molar-refractivity contribution is 14.0. The second-order valence-electron chi connectivity index (χ2n) is 6.58. The van der Waals surface area contributed by atoms with Gasteiger partial charge in [-0.05, 0) is 37.1 Å². The predicted molar refractivity (Wildman–Crippen MR) is 129 cm³/mol. The second kappa shape index (κ2) is 13.0. The Morgan fingerprint density at radius 3 is 2.55 bits per heavy atom. The molecule has 0 heterocycles. The van der Waals surface area contributed by atoms with Crippen molar-refractivity contribution < 1.29 is 9.53 Å². The molecule has 2 aromatic carbocycles. The molecule has 0 aromatic heterocycles. The summed E-state index contributed by atoms with van der Waals surface area (Å²) in [6.45, 7) is 4.07. The molecule has 158 valence electrons. The fourth-order valence-electron chi connectivity index (χ4n) is 2.78. The minimum absolute atomic E-state index is 0. The van der Waals surface area contributed by atoms with Crippen LogP contribution in [0.3, 0.4) is 0 Å². The van der Waals surface area contributed by atoms with E-state index in [0.29, 0.717) is 12.1 Å². The van der Waals surface area contributed by atoms with E-state index >= 15 is 0 Å². The van der Waals surface area contributed by atoms with E-state index in [0.717, 1.165) is 42.3 Å². The lowest BCUT2D eigenvalue weighted by Crippen LogP contribution is -2.38. The average molecular weight is 510 g/mol. The van der Waals surface area contributed by atoms with Gasteiger partial charge in [0, 0.05) is 38.3 Å². The van der Waals surface area contributed by atoms with E-state index in [1.807, 2.05) is 55.5 Å². The van der Waals surface area contributed by atoms with Crippen molar-refractivity contribution in [1.82, 2.24) is 15.5 Å². The van der Waals surface area contributed by atoms with E-state index in [9.17, 15) is 4.79 Å². The van der Waals surface area contributed by atoms with Crippen molar-refractivity contribution in [3.63, 3.8) is 0 Å². The van der Waals surface area contributed by atoms with Crippen LogP contribution in [-0.2, 0) is 13.0 Å². The largest absolute Gasteiger partial charge is 0.496 e. The summed E-state index contributed by atoms with van der Waals surface area (Å²) in [6.07, 6.45) is 0.799. The lowest BCUT2D eigenvalue weighted by atomic mass is 10.1. The van der Waals surface area contributed by atoms with Gasteiger partial charge < -0.3 is 20.3 Å². The number of aliphatic imine (C=N–C) groups is 1. The Hall–Kier alpha value is -2.29. The zero-order valence-corrected chi connectivity index (χ0v) is 19.9. The summed E-state index contributed by atoms with van der Waals surface area (Å²) in [5.74, 6) is 1.61. The van der Waals surface area contributed by atoms with Crippen LogP contribution in [0.5, 0.6) is 5.75 Å². The quantitative estimate of drug-likeness (QED) is 0.325. The number of hydrogen-bond donors (Lipinski definition) is 2. The van der Waals surface area contributed by atoms with Crippen LogP contribution in [0.2, 0.25) is 0 Å². The first kappa shape index (κ1) is 24.7. The summed E-state index contributed by atoms with van der Waals surface area (Å²) in [4.78, 5) is 18.3. The SMILES string of the molecule is CCNC(=NCc1ccccc1OC)NCCc1cccc(C(=O)N(C)C)c1.I. The van der Waals surface area contributed by atoms with Crippen molar-refractivity contribution in [3.05, 3.63) is 65.2 Å². The summed E-state index contributed by atoms with van der Waals surface area (Å²) in [7, 11) is 5.19. The molecule has 2 N–H and O–H groups in total. The van der Waals surface area contributed by atoms with Crippen LogP contribution in [0.1, 0.15) is 28.4 Å². The smallest absolute Gasteiger partial charge is 0.253 e. The maximum absolute atomic E-state index is 12.1. The molecule has 0 aliphatic carbocycles. The van der Waals surface area contributed by atoms with Gasteiger partial charge in [-0.3, -0.25) is 4.79 Å². The standard InChI is InChI=1S/C22H30N4O2.HI/c1-5-23-22(25-16-19-10-6-7-12-20(19)28-4)24-14-13-17-9-8-11-18(15-17)21(27)26(2)3;/h6-12,15H,5,13-14,16H2,1-4H3,(H2,23,24,25);1H. The lowest BCUT2D eigenvalue weighted by Gasteiger charge is -2.13. The summed E-state index contributed by atoms with van der Waals surface area (Å²) >= 11 is 0. The van der Waals surface area contributed by atoms with Gasteiger partial charge in [0.1, 0.15) is 5.75 Å². The fourth-order valence-corrected chi connectivity index (χ4v) is 2.78. The highest BCUT2D eigenvalue weighted by Gasteiger charge is 2.08. The van der Waals surface area contributed by atoms with Crippen LogP contribution < -0.4 is 15.4 Å². The average Bonchev–Trinajstić information content (AvgIpc) is 2.71. The Bertz CT molecular complexity index is 809. The Kier molecular flexibility index (Phi) is 11.1. The molecule has 29 heavy (non-hydrogen) atoms. The number of carbonyl (C=O) groups is 1. The molecule has 0 unspecified atom stereocenters. The van der Waals surface area contributed by atoms with E-state index < -0.39 is 0 Å². The molecule has 0 saturated carbocycles. The van der Waals surface area contributed by atoms with E-state index in [-0.39, 0.29) is 29.9 Å². The molecular formula is C22H31IN4O2. The number of halogens is 1. The van der Waals surface area contributed by atoms with Gasteiger partial charge in [-0.1, -0.05) is 30.3 Å². The maximum atomic E-state index is 12.1. The minimum atomic E-state index is 0. The summed E-state index contributed by atoms with van der Waals surface area (Å²) in [6, 6.07) is 15.6. The van der Waals surface area contributed by atoms with Crippen molar-refractivity contribution in [1.29, 1.82) is 0 Å². The molecule has 0 atom stereocenters. The van der Waals surface area contributed by atoms with Crippen LogP contribution in [0, 0.1) is 0 Å². The minimum Gasteiger partial charge on any atom is -0.496 e. The normalized spacial score (nSPS) is 10.7. The van der Waals surface area contributed by atoms with Crippen molar-refractivity contribution in [3.8, 4) is 5.75 Å². The van der Waals surface area contributed by atoms with Crippen molar-refractivity contribution in [2.24, 2.45) is 4.99 Å². The molecule has 6 nitrogen and oxygen atoms in total. The number of carbonyl (C=O) groups excluding carboxylic acids is 1. The van der Waals surface area contributed by atoms with Crippen LogP contribution in [0.25, 0.3) is 0 Å². The van der Waals surface area contributed by atoms with Gasteiger partial charge in [0.2, 0.25) is 0 Å². The molecule has 0 spiro atoms. The van der Waals surface area contributed by atoms with Gasteiger partial charge >= 0.3 is 0 Å². The summed E-state index contributed by atoms with van der Waals surface area (Å²) < 4.78 is 5.38. The third-order valence-electron chi connectivity index (χ3n) is 4.23. The number of benzene rings is 2. The molecule has 0 radical (unpaired) electrons. The van der Waals surface area contributed by atoms with E-state index in [2.05, 4.69) is 15.6 Å². The molecule has 2 aromatic rings. The Morgan fingerprint density at radius 1 is 1.10 bits per heavy atom. The molecule has 7 heteroatoms. The van der Waals surface area contributed by atoms with Crippen molar-refractivity contribution in [2.75, 3.05) is 34.3 Å². The lowest BCUT2D eigenvalue weighted by molar-refractivity contribution is 0.0827. The van der Waals surface area contributed by atoms with Crippen molar-refractivity contribution in [2.45, 2.75) is 19.9 Å². The van der Waals surface area contributed by atoms with Crippen LogP contribution in [0.4, 0.5) is 0 Å². The molecule has 0 aliphatic rings. The summed E-state index contributed by atoms with van der Waals surface area (Å²) in [5.41, 5.74) is 2.86. The van der Waals surface area contributed by atoms with Gasteiger partial charge in [0.05, 0.1) is 13.7 Å². The number of methoxy groups -OCH3 is 1. The number of ether oxygens (including phenoxy) is 1.